The number of likely N-dealkylation sites (tertiary alicyclic amines) is 1. The molecule has 4 nitrogen and oxygen atoms in total. The molecule has 3 unspecified atom stereocenters. The first-order valence-corrected chi connectivity index (χ1v) is 7.08. The highest BCUT2D eigenvalue weighted by molar-refractivity contribution is 5.80. The van der Waals surface area contributed by atoms with Crippen LogP contribution in [0.2, 0.25) is 0 Å². The van der Waals surface area contributed by atoms with Gasteiger partial charge in [0.1, 0.15) is 0 Å². The van der Waals surface area contributed by atoms with Gasteiger partial charge >= 0.3 is 5.97 Å². The smallest absolute Gasteiger partial charge is 0.308 e. The summed E-state index contributed by atoms with van der Waals surface area (Å²) in [7, 11) is 0. The number of nitrogens with zero attached hydrogens (tertiary/aromatic N) is 1. The Morgan fingerprint density at radius 2 is 2.00 bits per heavy atom. The van der Waals surface area contributed by atoms with Crippen LogP contribution in [0.1, 0.15) is 38.2 Å². The Bertz CT molecular complexity index is 486. The Morgan fingerprint density at radius 1 is 1.35 bits per heavy atom. The van der Waals surface area contributed by atoms with Gasteiger partial charge < -0.3 is 10.0 Å². The summed E-state index contributed by atoms with van der Waals surface area (Å²) in [5.41, 5.74) is 1.14. The molecule has 0 bridgehead atoms. The van der Waals surface area contributed by atoms with Gasteiger partial charge in [-0.2, -0.15) is 0 Å². The van der Waals surface area contributed by atoms with Gasteiger partial charge in [0.2, 0.25) is 5.91 Å². The summed E-state index contributed by atoms with van der Waals surface area (Å²) in [6, 6.07) is 9.72. The summed E-state index contributed by atoms with van der Waals surface area (Å²) >= 11 is 0. The van der Waals surface area contributed by atoms with Crippen molar-refractivity contribution in [2.24, 2.45) is 5.92 Å². The zero-order valence-electron chi connectivity index (χ0n) is 12.0. The highest BCUT2D eigenvalue weighted by Gasteiger charge is 2.38. The third-order valence-electron chi connectivity index (χ3n) is 4.24. The largest absolute Gasteiger partial charge is 0.481 e. The van der Waals surface area contributed by atoms with Gasteiger partial charge in [-0.05, 0) is 24.8 Å². The molecule has 3 atom stereocenters. The number of aliphatic carboxylic acids is 1. The van der Waals surface area contributed by atoms with Gasteiger partial charge in [-0.25, -0.2) is 0 Å². The maximum Gasteiger partial charge on any atom is 0.308 e. The molecule has 1 aliphatic rings. The summed E-state index contributed by atoms with van der Waals surface area (Å²) in [5.74, 6) is -1.02. The zero-order chi connectivity index (χ0) is 14.7. The molecule has 4 heteroatoms. The van der Waals surface area contributed by atoms with E-state index in [0.717, 1.165) is 5.56 Å². The third kappa shape index (κ3) is 3.00. The van der Waals surface area contributed by atoms with Crippen LogP contribution in [0.15, 0.2) is 30.3 Å². The molecule has 1 amide bonds. The number of carbonyl (C=O) groups is 2. The molecule has 1 fully saturated rings. The Kier molecular flexibility index (Phi) is 4.42. The van der Waals surface area contributed by atoms with Crippen LogP contribution >= 0.6 is 0 Å². The first kappa shape index (κ1) is 14.6. The van der Waals surface area contributed by atoms with E-state index in [4.69, 9.17) is 5.11 Å². The van der Waals surface area contributed by atoms with Crippen molar-refractivity contribution in [3.05, 3.63) is 35.9 Å². The second-order valence-corrected chi connectivity index (χ2v) is 5.58. The van der Waals surface area contributed by atoms with E-state index in [0.29, 0.717) is 19.4 Å². The Balaban J connectivity index is 1.97. The van der Waals surface area contributed by atoms with E-state index in [9.17, 15) is 9.59 Å². The summed E-state index contributed by atoms with van der Waals surface area (Å²) in [6.07, 6.45) is 0.989. The molecule has 0 aromatic heterocycles. The van der Waals surface area contributed by atoms with Gasteiger partial charge in [-0.1, -0.05) is 37.3 Å². The molecule has 1 aromatic carbocycles. The summed E-state index contributed by atoms with van der Waals surface area (Å²) < 4.78 is 0. The lowest BCUT2D eigenvalue weighted by Gasteiger charge is -2.25. The lowest BCUT2D eigenvalue weighted by molar-refractivity contribution is -0.143. The average molecular weight is 275 g/mol. The predicted octanol–water partition coefficient (Wildman–Crippen LogP) is 2.50. The number of hydrogen-bond donors (Lipinski definition) is 1. The molecule has 1 aromatic rings. The summed E-state index contributed by atoms with van der Waals surface area (Å²) in [5, 5.41) is 9.11. The second kappa shape index (κ2) is 6.07. The maximum absolute atomic E-state index is 12.3. The van der Waals surface area contributed by atoms with E-state index in [1.54, 1.807) is 4.90 Å². The summed E-state index contributed by atoms with van der Waals surface area (Å²) in [6.45, 7) is 4.41. The van der Waals surface area contributed by atoms with Gasteiger partial charge in [-0.3, -0.25) is 9.59 Å². The molecular formula is C16H21NO3. The predicted molar refractivity (Wildman–Crippen MR) is 76.4 cm³/mol. The number of benzene rings is 1. The number of carboxylic acid groups (broad SMARTS) is 1. The fourth-order valence-corrected chi connectivity index (χ4v) is 2.90. The van der Waals surface area contributed by atoms with Crippen molar-refractivity contribution in [3.8, 4) is 0 Å². The van der Waals surface area contributed by atoms with Gasteiger partial charge in [0, 0.05) is 19.0 Å². The van der Waals surface area contributed by atoms with Gasteiger partial charge in [0.15, 0.2) is 0 Å². The number of carboxylic acids is 1. The molecule has 0 spiro atoms. The Labute approximate surface area is 119 Å². The van der Waals surface area contributed by atoms with Crippen molar-refractivity contribution in [2.45, 2.75) is 38.6 Å². The monoisotopic (exact) mass is 275 g/mol. The molecule has 0 saturated carbocycles. The number of hydrogen-bond acceptors (Lipinski definition) is 2. The van der Waals surface area contributed by atoms with Crippen molar-refractivity contribution in [1.29, 1.82) is 0 Å². The van der Waals surface area contributed by atoms with Gasteiger partial charge in [-0.15, -0.1) is 0 Å². The third-order valence-corrected chi connectivity index (χ3v) is 4.24. The molecule has 20 heavy (non-hydrogen) atoms. The van der Waals surface area contributed by atoms with Crippen LogP contribution in [0, 0.1) is 5.92 Å². The molecule has 108 valence electrons. The normalized spacial score (nSPS) is 23.6. The van der Waals surface area contributed by atoms with Crippen LogP contribution in [-0.2, 0) is 9.59 Å². The van der Waals surface area contributed by atoms with Crippen molar-refractivity contribution in [3.63, 3.8) is 0 Å². The summed E-state index contributed by atoms with van der Waals surface area (Å²) in [4.78, 5) is 25.1. The first-order valence-electron chi connectivity index (χ1n) is 7.08. The van der Waals surface area contributed by atoms with E-state index in [-0.39, 0.29) is 17.9 Å². The molecule has 0 radical (unpaired) electrons. The Hall–Kier alpha value is -1.84. The maximum atomic E-state index is 12.3. The molecule has 2 rings (SSSR count). The van der Waals surface area contributed by atoms with Crippen LogP contribution in [0.5, 0.6) is 0 Å². The van der Waals surface area contributed by atoms with Crippen LogP contribution in [0.4, 0.5) is 0 Å². The van der Waals surface area contributed by atoms with Crippen LogP contribution < -0.4 is 0 Å². The molecule has 1 N–H and O–H groups in total. The van der Waals surface area contributed by atoms with Crippen LogP contribution in [0.25, 0.3) is 0 Å². The molecule has 1 saturated heterocycles. The minimum Gasteiger partial charge on any atom is -0.481 e. The second-order valence-electron chi connectivity index (χ2n) is 5.58. The van der Waals surface area contributed by atoms with E-state index in [1.807, 2.05) is 44.2 Å². The number of carbonyl (C=O) groups excluding carboxylic acids is 1. The lowest BCUT2D eigenvalue weighted by atomic mass is 9.97. The highest BCUT2D eigenvalue weighted by Crippen LogP contribution is 2.27. The van der Waals surface area contributed by atoms with Crippen LogP contribution in [0.3, 0.4) is 0 Å². The molecule has 1 heterocycles. The number of amides is 1. The van der Waals surface area contributed by atoms with Crippen molar-refractivity contribution in [2.75, 3.05) is 6.54 Å². The zero-order valence-corrected chi connectivity index (χ0v) is 12.0. The lowest BCUT2D eigenvalue weighted by Crippen LogP contribution is -2.38. The first-order chi connectivity index (χ1) is 9.50. The fourth-order valence-electron chi connectivity index (χ4n) is 2.90. The molecular weight excluding hydrogens is 254 g/mol. The quantitative estimate of drug-likeness (QED) is 0.918. The molecule has 0 aliphatic carbocycles. The average Bonchev–Trinajstić information content (AvgIpc) is 2.81. The minimum absolute atomic E-state index is 0.0533. The molecule has 1 aliphatic heterocycles. The fraction of sp³-hybridized carbons (Fsp3) is 0.500. The van der Waals surface area contributed by atoms with Crippen molar-refractivity contribution >= 4 is 11.9 Å². The van der Waals surface area contributed by atoms with E-state index in [1.165, 1.54) is 0 Å². The van der Waals surface area contributed by atoms with Crippen LogP contribution in [-0.4, -0.2) is 34.5 Å². The van der Waals surface area contributed by atoms with Crippen molar-refractivity contribution in [1.82, 2.24) is 4.90 Å². The van der Waals surface area contributed by atoms with E-state index in [2.05, 4.69) is 0 Å². The minimum atomic E-state index is -0.802. The van der Waals surface area contributed by atoms with E-state index < -0.39 is 11.9 Å². The Morgan fingerprint density at radius 3 is 2.55 bits per heavy atom. The highest BCUT2D eigenvalue weighted by atomic mass is 16.4. The number of rotatable bonds is 4. The van der Waals surface area contributed by atoms with E-state index >= 15 is 0 Å². The standard InChI is InChI=1S/C16H21NO3/c1-11(13-6-4-3-5-7-13)10-15(18)17-9-8-14(12(17)2)16(19)20/h3-7,11-12,14H,8-10H2,1-2H3,(H,19,20). The van der Waals surface area contributed by atoms with Crippen molar-refractivity contribution < 1.29 is 14.7 Å². The topological polar surface area (TPSA) is 57.6 Å². The van der Waals surface area contributed by atoms with Gasteiger partial charge in [0.25, 0.3) is 0 Å². The SMILES string of the molecule is CC(CC(=O)N1CCC(C(=O)O)C1C)c1ccccc1. The van der Waals surface area contributed by atoms with Gasteiger partial charge in [0.05, 0.1) is 5.92 Å².